The number of carbonyl (C=O) groups is 1. The lowest BCUT2D eigenvalue weighted by Crippen LogP contribution is -2.26. The molecule has 0 saturated carbocycles. The number of hydrogen-bond acceptors (Lipinski definition) is 5. The summed E-state index contributed by atoms with van der Waals surface area (Å²) in [5.74, 6) is 1.53. The van der Waals surface area contributed by atoms with E-state index in [-0.39, 0.29) is 11.5 Å². The maximum absolute atomic E-state index is 13.0. The molecule has 3 heterocycles. The molecule has 1 aromatic carbocycles. The molecule has 4 rings (SSSR count). The smallest absolute Gasteiger partial charge is 0.264 e. The molecule has 0 saturated heterocycles. The van der Waals surface area contributed by atoms with Crippen LogP contribution in [0.3, 0.4) is 0 Å². The Morgan fingerprint density at radius 2 is 2.07 bits per heavy atom. The van der Waals surface area contributed by atoms with E-state index in [4.69, 9.17) is 4.74 Å². The third-order valence-corrected chi connectivity index (χ3v) is 6.20. The zero-order valence-corrected chi connectivity index (χ0v) is 16.4. The van der Waals surface area contributed by atoms with Gasteiger partial charge in [0.05, 0.1) is 17.4 Å². The molecule has 0 atom stereocenters. The summed E-state index contributed by atoms with van der Waals surface area (Å²) in [4.78, 5) is 33.4. The summed E-state index contributed by atoms with van der Waals surface area (Å²) in [5, 5.41) is 0.590. The minimum absolute atomic E-state index is 0.0156. The highest BCUT2D eigenvalue weighted by atomic mass is 32.1. The average molecular weight is 383 g/mol. The predicted molar refractivity (Wildman–Crippen MR) is 106 cm³/mol. The molecule has 1 aliphatic heterocycles. The van der Waals surface area contributed by atoms with Crippen LogP contribution >= 0.6 is 11.3 Å². The van der Waals surface area contributed by atoms with E-state index in [0.717, 1.165) is 35.5 Å². The molecule has 0 aliphatic carbocycles. The van der Waals surface area contributed by atoms with E-state index in [1.54, 1.807) is 23.6 Å². The van der Waals surface area contributed by atoms with Crippen LogP contribution in [0.4, 0.5) is 0 Å². The summed E-state index contributed by atoms with van der Waals surface area (Å²) >= 11 is 1.32. The largest absolute Gasteiger partial charge is 0.497 e. The molecule has 1 aliphatic rings. The summed E-state index contributed by atoms with van der Waals surface area (Å²) in [6.45, 7) is 3.05. The second kappa shape index (κ2) is 6.81. The summed E-state index contributed by atoms with van der Waals surface area (Å²) in [6, 6.07) is 7.65. The lowest BCUT2D eigenvalue weighted by atomic mass is 10.1. The molecule has 0 bridgehead atoms. The number of rotatable bonds is 4. The fraction of sp³-hybridized carbons (Fsp3) is 0.350. The third kappa shape index (κ3) is 3.02. The van der Waals surface area contributed by atoms with E-state index >= 15 is 0 Å². The first kappa shape index (κ1) is 17.7. The van der Waals surface area contributed by atoms with Crippen molar-refractivity contribution in [3.63, 3.8) is 0 Å². The first-order chi connectivity index (χ1) is 13.0. The Morgan fingerprint density at radius 1 is 1.33 bits per heavy atom. The van der Waals surface area contributed by atoms with Gasteiger partial charge in [-0.05, 0) is 36.6 Å². The Hall–Kier alpha value is -2.67. The number of benzene rings is 1. The molecule has 0 radical (unpaired) electrons. The number of carbonyl (C=O) groups excluding carboxylic acids is 1. The van der Waals surface area contributed by atoms with Gasteiger partial charge in [0, 0.05) is 26.6 Å². The highest BCUT2D eigenvalue weighted by molar-refractivity contribution is 7.20. The number of aryl methyl sites for hydroxylation is 2. The standard InChI is InChI=1S/C20H21N3O3S/c1-12-16-18(21-15-5-4-10-23(15)19(16)24)27-17(12)20(25)22(2)11-13-6-8-14(26-3)9-7-13/h6-9H,4-5,10-11H2,1-3H3. The van der Waals surface area contributed by atoms with Crippen molar-refractivity contribution in [1.82, 2.24) is 14.5 Å². The van der Waals surface area contributed by atoms with Crippen molar-refractivity contribution in [3.05, 3.63) is 56.4 Å². The number of amides is 1. The molecule has 1 amide bonds. The Labute approximate surface area is 161 Å². The average Bonchev–Trinajstić information content (AvgIpc) is 3.27. The van der Waals surface area contributed by atoms with E-state index in [9.17, 15) is 9.59 Å². The van der Waals surface area contributed by atoms with Gasteiger partial charge in [-0.3, -0.25) is 14.2 Å². The fourth-order valence-electron chi connectivity index (χ4n) is 3.53. The van der Waals surface area contributed by atoms with Gasteiger partial charge < -0.3 is 9.64 Å². The molecule has 27 heavy (non-hydrogen) atoms. The van der Waals surface area contributed by atoms with Crippen molar-refractivity contribution in [2.24, 2.45) is 0 Å². The number of hydrogen-bond donors (Lipinski definition) is 0. The number of thiophene rings is 1. The fourth-order valence-corrected chi connectivity index (χ4v) is 4.71. The van der Waals surface area contributed by atoms with Gasteiger partial charge in [0.2, 0.25) is 0 Å². The highest BCUT2D eigenvalue weighted by Gasteiger charge is 2.24. The van der Waals surface area contributed by atoms with Crippen LogP contribution in [0, 0.1) is 6.92 Å². The van der Waals surface area contributed by atoms with Gasteiger partial charge in [-0.2, -0.15) is 0 Å². The lowest BCUT2D eigenvalue weighted by molar-refractivity contribution is 0.0789. The van der Waals surface area contributed by atoms with Crippen molar-refractivity contribution in [1.29, 1.82) is 0 Å². The Morgan fingerprint density at radius 3 is 2.78 bits per heavy atom. The predicted octanol–water partition coefficient (Wildman–Crippen LogP) is 2.99. The van der Waals surface area contributed by atoms with Gasteiger partial charge in [-0.15, -0.1) is 11.3 Å². The Bertz CT molecular complexity index is 1080. The first-order valence-corrected chi connectivity index (χ1v) is 9.72. The molecule has 3 aromatic rings. The quantitative estimate of drug-likeness (QED) is 0.695. The van der Waals surface area contributed by atoms with E-state index in [1.807, 2.05) is 31.2 Å². The van der Waals surface area contributed by atoms with Gasteiger partial charge in [-0.25, -0.2) is 4.98 Å². The second-order valence-electron chi connectivity index (χ2n) is 6.83. The Kier molecular flexibility index (Phi) is 4.47. The van der Waals surface area contributed by atoms with Gasteiger partial charge in [-0.1, -0.05) is 12.1 Å². The molecule has 140 valence electrons. The van der Waals surface area contributed by atoms with Gasteiger partial charge in [0.25, 0.3) is 11.5 Å². The van der Waals surface area contributed by atoms with E-state index in [0.29, 0.717) is 28.2 Å². The molecule has 7 heteroatoms. The van der Waals surface area contributed by atoms with Crippen LogP contribution in [0.1, 0.15) is 33.0 Å². The Balaban J connectivity index is 1.65. The number of methoxy groups -OCH3 is 1. The minimum atomic E-state index is -0.0872. The van der Waals surface area contributed by atoms with Crippen LogP contribution in [0.15, 0.2) is 29.1 Å². The molecule has 0 N–H and O–H groups in total. The number of ether oxygens (including phenoxy) is 1. The van der Waals surface area contributed by atoms with Crippen LogP contribution < -0.4 is 10.3 Å². The van der Waals surface area contributed by atoms with Crippen LogP contribution in [0.25, 0.3) is 10.2 Å². The maximum atomic E-state index is 13.0. The van der Waals surface area contributed by atoms with E-state index in [1.165, 1.54) is 11.3 Å². The second-order valence-corrected chi connectivity index (χ2v) is 7.83. The first-order valence-electron chi connectivity index (χ1n) is 8.91. The molecule has 6 nitrogen and oxygen atoms in total. The van der Waals surface area contributed by atoms with Crippen molar-refractivity contribution in [2.75, 3.05) is 14.2 Å². The van der Waals surface area contributed by atoms with Gasteiger partial charge in [0.15, 0.2) is 0 Å². The zero-order chi connectivity index (χ0) is 19.1. The van der Waals surface area contributed by atoms with Crippen LogP contribution in [0.5, 0.6) is 5.75 Å². The number of fused-ring (bicyclic) bond motifs is 2. The summed E-state index contributed by atoms with van der Waals surface area (Å²) < 4.78 is 6.91. The lowest BCUT2D eigenvalue weighted by Gasteiger charge is -2.17. The maximum Gasteiger partial charge on any atom is 0.264 e. The molecule has 2 aromatic heterocycles. The monoisotopic (exact) mass is 383 g/mol. The van der Waals surface area contributed by atoms with Gasteiger partial charge >= 0.3 is 0 Å². The third-order valence-electron chi connectivity index (χ3n) is 5.03. The summed E-state index contributed by atoms with van der Waals surface area (Å²) in [6.07, 6.45) is 1.78. The molecular formula is C20H21N3O3S. The summed E-state index contributed by atoms with van der Waals surface area (Å²) in [7, 11) is 3.40. The molecule has 0 spiro atoms. The molecular weight excluding hydrogens is 362 g/mol. The van der Waals surface area contributed by atoms with E-state index in [2.05, 4.69) is 4.98 Å². The SMILES string of the molecule is COc1ccc(CN(C)C(=O)c2sc3nc4n(c(=O)c3c2C)CCC4)cc1. The van der Waals surface area contributed by atoms with Crippen molar-refractivity contribution >= 4 is 27.5 Å². The van der Waals surface area contributed by atoms with Crippen molar-refractivity contribution in [2.45, 2.75) is 32.9 Å². The topological polar surface area (TPSA) is 64.4 Å². The zero-order valence-electron chi connectivity index (χ0n) is 15.6. The van der Waals surface area contributed by atoms with Gasteiger partial charge in [0.1, 0.15) is 16.4 Å². The number of aromatic nitrogens is 2. The van der Waals surface area contributed by atoms with Crippen molar-refractivity contribution in [3.8, 4) is 5.75 Å². The summed E-state index contributed by atoms with van der Waals surface area (Å²) in [5.41, 5.74) is 1.74. The van der Waals surface area contributed by atoms with Crippen molar-refractivity contribution < 1.29 is 9.53 Å². The van der Waals surface area contributed by atoms with Crippen LogP contribution in [-0.2, 0) is 19.5 Å². The normalized spacial score (nSPS) is 13.0. The molecule has 0 fully saturated rings. The number of nitrogens with zero attached hydrogens (tertiary/aromatic N) is 3. The highest BCUT2D eigenvalue weighted by Crippen LogP contribution is 2.29. The molecule has 0 unspecified atom stereocenters. The van der Waals surface area contributed by atoms with Crippen LogP contribution in [-0.4, -0.2) is 34.5 Å². The minimum Gasteiger partial charge on any atom is -0.497 e. The van der Waals surface area contributed by atoms with E-state index < -0.39 is 0 Å². The van der Waals surface area contributed by atoms with Crippen LogP contribution in [0.2, 0.25) is 0 Å².